The Bertz CT molecular complexity index is 1620. The number of nitrogens with zero attached hydrogens (tertiary/aromatic N) is 5. The lowest BCUT2D eigenvalue weighted by molar-refractivity contribution is 0.102. The molecule has 4 rings (SSSR count). The zero-order chi connectivity index (χ0) is 28.2. The highest BCUT2D eigenvalue weighted by Crippen LogP contribution is 2.30. The van der Waals surface area contributed by atoms with E-state index in [0.29, 0.717) is 33.9 Å². The van der Waals surface area contributed by atoms with Gasteiger partial charge in [-0.1, -0.05) is 0 Å². The summed E-state index contributed by atoms with van der Waals surface area (Å²) in [5.74, 6) is -0.555. The van der Waals surface area contributed by atoms with Crippen LogP contribution >= 0.6 is 0 Å². The third-order valence-electron chi connectivity index (χ3n) is 5.87. The lowest BCUT2D eigenvalue weighted by Crippen LogP contribution is -2.19. The number of nitrogens with one attached hydrogen (secondary N) is 2. The Morgan fingerprint density at radius 1 is 1.00 bits per heavy atom. The number of pyridine rings is 2. The molecule has 0 aliphatic rings. The van der Waals surface area contributed by atoms with Crippen LogP contribution in [0.25, 0.3) is 22.6 Å². The van der Waals surface area contributed by atoms with E-state index < -0.39 is 23.2 Å². The largest absolute Gasteiger partial charge is 0.453 e. The normalized spacial score (nSPS) is 10.9. The molecule has 196 valence electrons. The van der Waals surface area contributed by atoms with Crippen molar-refractivity contribution < 1.29 is 18.7 Å². The average molecular weight is 526 g/mol. The maximum absolute atomic E-state index is 14.9. The van der Waals surface area contributed by atoms with Gasteiger partial charge >= 0.3 is 6.09 Å². The summed E-state index contributed by atoms with van der Waals surface area (Å²) in [6.07, 6.45) is 3.83. The zero-order valence-electron chi connectivity index (χ0n) is 21.6. The monoisotopic (exact) mass is 525 g/mol. The molecule has 0 radical (unpaired) electrons. The van der Waals surface area contributed by atoms with Gasteiger partial charge < -0.3 is 10.1 Å². The SMILES string of the molecule is COC(=O)Nc1cc(-c2nccc(-c3cc(NC(=O)c4ccnc(C(C)(C)C#N)c4)c(F)cc3C)n2)ccn1. The number of nitriles is 1. The van der Waals surface area contributed by atoms with Crippen LogP contribution in [0.1, 0.15) is 35.5 Å². The minimum Gasteiger partial charge on any atom is -0.453 e. The molecule has 0 aliphatic heterocycles. The summed E-state index contributed by atoms with van der Waals surface area (Å²) >= 11 is 0. The molecule has 0 saturated carbocycles. The number of aromatic nitrogens is 4. The van der Waals surface area contributed by atoms with Crippen molar-refractivity contribution in [3.05, 3.63) is 83.7 Å². The number of benzene rings is 1. The molecular formula is C28H24FN7O3. The number of carbonyl (C=O) groups excluding carboxylic acids is 2. The van der Waals surface area contributed by atoms with E-state index in [1.54, 1.807) is 45.2 Å². The van der Waals surface area contributed by atoms with Gasteiger partial charge in [0.2, 0.25) is 0 Å². The minimum atomic E-state index is -0.895. The van der Waals surface area contributed by atoms with Crippen molar-refractivity contribution in [3.8, 4) is 28.7 Å². The smallest absolute Gasteiger partial charge is 0.412 e. The van der Waals surface area contributed by atoms with E-state index in [0.717, 1.165) is 0 Å². The van der Waals surface area contributed by atoms with Crippen LogP contribution in [0.15, 0.2) is 61.1 Å². The Balaban J connectivity index is 1.65. The van der Waals surface area contributed by atoms with Crippen molar-refractivity contribution in [3.63, 3.8) is 0 Å². The molecule has 0 bridgehead atoms. The number of amides is 2. The van der Waals surface area contributed by atoms with E-state index in [1.807, 2.05) is 0 Å². The number of methoxy groups -OCH3 is 1. The molecule has 0 atom stereocenters. The third kappa shape index (κ3) is 6.02. The van der Waals surface area contributed by atoms with E-state index in [4.69, 9.17) is 0 Å². The highest BCUT2D eigenvalue weighted by Gasteiger charge is 2.23. The van der Waals surface area contributed by atoms with Crippen molar-refractivity contribution in [2.75, 3.05) is 17.7 Å². The topological polar surface area (TPSA) is 143 Å². The number of ether oxygens (including phenoxy) is 1. The molecule has 0 aliphatic carbocycles. The molecule has 3 heterocycles. The maximum atomic E-state index is 14.9. The molecule has 3 aromatic heterocycles. The molecule has 0 spiro atoms. The summed E-state index contributed by atoms with van der Waals surface area (Å²) in [5.41, 5.74) is 1.99. The second-order valence-corrected chi connectivity index (χ2v) is 9.08. The number of rotatable bonds is 6. The molecule has 4 aromatic rings. The number of halogens is 1. The van der Waals surface area contributed by atoms with E-state index in [-0.39, 0.29) is 17.1 Å². The first kappa shape index (κ1) is 26.8. The van der Waals surface area contributed by atoms with Gasteiger partial charge in [0.15, 0.2) is 5.82 Å². The fraction of sp³-hybridized carbons (Fsp3) is 0.179. The first-order valence-corrected chi connectivity index (χ1v) is 11.8. The van der Waals surface area contributed by atoms with Gasteiger partial charge in [-0.05, 0) is 68.8 Å². The molecule has 0 saturated heterocycles. The van der Waals surface area contributed by atoms with Gasteiger partial charge in [-0.15, -0.1) is 0 Å². The molecule has 2 N–H and O–H groups in total. The van der Waals surface area contributed by atoms with Crippen LogP contribution in [0, 0.1) is 24.1 Å². The summed E-state index contributed by atoms with van der Waals surface area (Å²) in [7, 11) is 1.25. The second kappa shape index (κ2) is 11.0. The Morgan fingerprint density at radius 3 is 2.49 bits per heavy atom. The zero-order valence-corrected chi connectivity index (χ0v) is 21.6. The summed E-state index contributed by atoms with van der Waals surface area (Å²) in [6, 6.07) is 12.9. The van der Waals surface area contributed by atoms with Crippen molar-refractivity contribution in [2.45, 2.75) is 26.2 Å². The Hall–Kier alpha value is -5.24. The average Bonchev–Trinajstić information content (AvgIpc) is 2.94. The van der Waals surface area contributed by atoms with Gasteiger partial charge in [-0.25, -0.2) is 24.1 Å². The number of hydrogen-bond acceptors (Lipinski definition) is 8. The first-order chi connectivity index (χ1) is 18.6. The molecule has 1 aromatic carbocycles. The fourth-order valence-electron chi connectivity index (χ4n) is 3.65. The van der Waals surface area contributed by atoms with Gasteiger partial charge in [-0.3, -0.25) is 15.1 Å². The van der Waals surface area contributed by atoms with Crippen LogP contribution in [0.3, 0.4) is 0 Å². The van der Waals surface area contributed by atoms with Gasteiger partial charge in [0, 0.05) is 35.3 Å². The summed E-state index contributed by atoms with van der Waals surface area (Å²) in [5, 5.41) is 14.5. The summed E-state index contributed by atoms with van der Waals surface area (Å²) in [6.45, 7) is 5.12. The van der Waals surface area contributed by atoms with Crippen molar-refractivity contribution in [1.82, 2.24) is 19.9 Å². The lowest BCUT2D eigenvalue weighted by Gasteiger charge is -2.16. The van der Waals surface area contributed by atoms with E-state index in [2.05, 4.69) is 41.4 Å². The van der Waals surface area contributed by atoms with Gasteiger partial charge in [0.05, 0.1) is 35.7 Å². The van der Waals surface area contributed by atoms with Crippen LogP contribution in [-0.2, 0) is 10.2 Å². The van der Waals surface area contributed by atoms with Crippen LogP contribution in [0.5, 0.6) is 0 Å². The first-order valence-electron chi connectivity index (χ1n) is 11.8. The standard InChI is InChI=1S/C28H24FN7O3/c1-16-11-20(29)22(35-26(37)18-6-8-31-23(12-18)28(2,3)15-30)14-19(16)21-7-10-33-25(34-21)17-5-9-32-24(13-17)36-27(38)39-4/h5-14H,1-4H3,(H,35,37)(H,32,36,38). The van der Waals surface area contributed by atoms with Crippen molar-refractivity contribution in [1.29, 1.82) is 5.26 Å². The van der Waals surface area contributed by atoms with E-state index >= 15 is 0 Å². The lowest BCUT2D eigenvalue weighted by atomic mass is 9.90. The molecule has 11 heteroatoms. The van der Waals surface area contributed by atoms with Crippen LogP contribution in [0.4, 0.5) is 20.7 Å². The van der Waals surface area contributed by atoms with Crippen LogP contribution < -0.4 is 10.6 Å². The molecule has 0 fully saturated rings. The van der Waals surface area contributed by atoms with Crippen LogP contribution in [0.2, 0.25) is 0 Å². The van der Waals surface area contributed by atoms with Crippen molar-refractivity contribution in [2.24, 2.45) is 0 Å². The number of anilines is 2. The number of hydrogen-bond donors (Lipinski definition) is 2. The van der Waals surface area contributed by atoms with E-state index in [1.165, 1.54) is 43.8 Å². The molecule has 10 nitrogen and oxygen atoms in total. The van der Waals surface area contributed by atoms with Crippen molar-refractivity contribution >= 4 is 23.5 Å². The number of carbonyl (C=O) groups is 2. The Labute approximate surface area is 223 Å². The minimum absolute atomic E-state index is 0.0351. The molecular weight excluding hydrogens is 501 g/mol. The van der Waals surface area contributed by atoms with Gasteiger partial charge in [0.1, 0.15) is 11.6 Å². The molecule has 39 heavy (non-hydrogen) atoms. The maximum Gasteiger partial charge on any atom is 0.412 e. The highest BCUT2D eigenvalue weighted by molar-refractivity contribution is 6.04. The highest BCUT2D eigenvalue weighted by atomic mass is 19.1. The van der Waals surface area contributed by atoms with Gasteiger partial charge in [0.25, 0.3) is 5.91 Å². The predicted molar refractivity (Wildman–Crippen MR) is 142 cm³/mol. The predicted octanol–water partition coefficient (Wildman–Crippen LogP) is 5.28. The third-order valence-corrected chi connectivity index (χ3v) is 5.87. The van der Waals surface area contributed by atoms with Gasteiger partial charge in [-0.2, -0.15) is 5.26 Å². The number of aryl methyl sites for hydroxylation is 1. The summed E-state index contributed by atoms with van der Waals surface area (Å²) < 4.78 is 19.5. The quantitative estimate of drug-likeness (QED) is 0.346. The molecule has 0 unspecified atom stereocenters. The summed E-state index contributed by atoms with van der Waals surface area (Å²) in [4.78, 5) is 41.7. The fourth-order valence-corrected chi connectivity index (χ4v) is 3.65. The second-order valence-electron chi connectivity index (χ2n) is 9.08. The Morgan fingerprint density at radius 2 is 1.74 bits per heavy atom. The van der Waals surface area contributed by atoms with Crippen LogP contribution in [-0.4, -0.2) is 39.0 Å². The molecule has 2 amide bonds. The Kier molecular flexibility index (Phi) is 7.58. The van der Waals surface area contributed by atoms with E-state index in [9.17, 15) is 19.2 Å².